The van der Waals surface area contributed by atoms with Crippen LogP contribution in [0.5, 0.6) is 0 Å². The van der Waals surface area contributed by atoms with E-state index < -0.39 is 0 Å². The van der Waals surface area contributed by atoms with Gasteiger partial charge in [-0.15, -0.1) is 0 Å². The van der Waals surface area contributed by atoms with Gasteiger partial charge in [0, 0.05) is 52.6 Å². The molecule has 5 nitrogen and oxygen atoms in total. The maximum Gasteiger partial charge on any atom is 0.0488 e. The Morgan fingerprint density at radius 3 is 0.760 bits per heavy atom. The zero-order valence-electron chi connectivity index (χ0n) is 16.5. The summed E-state index contributed by atoms with van der Waals surface area (Å²) in [4.78, 5) is 0. The minimum absolute atomic E-state index is 1.00. The highest BCUT2D eigenvalue weighted by Crippen LogP contribution is 2.15. The third kappa shape index (κ3) is 18.4. The highest BCUT2D eigenvalue weighted by Gasteiger charge is 1.96. The van der Waals surface area contributed by atoms with E-state index in [2.05, 4.69) is 16.0 Å². The second-order valence-electron chi connectivity index (χ2n) is 7.01. The van der Waals surface area contributed by atoms with Gasteiger partial charge in [-0.25, -0.2) is 0 Å². The summed E-state index contributed by atoms with van der Waals surface area (Å²) in [5.41, 5.74) is 0. The summed E-state index contributed by atoms with van der Waals surface area (Å²) in [6.45, 7) is 11.1. The molecule has 5 heteroatoms. The number of hydrogen-bond acceptors (Lipinski definition) is 5. The molecule has 0 aromatic heterocycles. The molecule has 150 valence electrons. The molecule has 1 saturated carbocycles. The Morgan fingerprint density at radius 1 is 0.320 bits per heavy atom. The predicted octanol–water partition coefficient (Wildman–Crippen LogP) is 2.70. The molecule has 0 radical (unpaired) electrons. The molecule has 0 amide bonds. The van der Waals surface area contributed by atoms with Gasteiger partial charge in [-0.05, 0) is 45.2 Å². The van der Waals surface area contributed by atoms with Crippen molar-refractivity contribution in [2.45, 2.75) is 64.2 Å². The van der Waals surface area contributed by atoms with Crippen molar-refractivity contribution in [3.05, 3.63) is 0 Å². The first-order valence-electron chi connectivity index (χ1n) is 10.8. The van der Waals surface area contributed by atoms with Gasteiger partial charge in [-0.2, -0.15) is 0 Å². The molecule has 0 atom stereocenters. The monoisotopic (exact) mass is 357 g/mol. The fourth-order valence-corrected chi connectivity index (χ4v) is 2.50. The highest BCUT2D eigenvalue weighted by molar-refractivity contribution is 4.59. The van der Waals surface area contributed by atoms with E-state index in [1.54, 1.807) is 0 Å². The Morgan fingerprint density at radius 2 is 0.640 bits per heavy atom. The molecule has 0 unspecified atom stereocenters. The quantitative estimate of drug-likeness (QED) is 0.622. The van der Waals surface area contributed by atoms with E-state index in [-0.39, 0.29) is 0 Å². The second kappa shape index (κ2) is 20.1. The zero-order chi connectivity index (χ0) is 17.7. The van der Waals surface area contributed by atoms with Gasteiger partial charge in [-0.1, -0.05) is 32.1 Å². The van der Waals surface area contributed by atoms with Gasteiger partial charge < -0.3 is 25.4 Å². The maximum absolute atomic E-state index is 5.07. The maximum atomic E-state index is 5.07. The summed E-state index contributed by atoms with van der Waals surface area (Å²) in [6, 6.07) is 0. The van der Waals surface area contributed by atoms with Crippen LogP contribution in [0, 0.1) is 0 Å². The average molecular weight is 358 g/mol. The smallest absolute Gasteiger partial charge is 0.0488 e. The lowest BCUT2D eigenvalue weighted by atomic mass is 10.2. The number of ether oxygens (including phenoxy) is 2. The van der Waals surface area contributed by atoms with Gasteiger partial charge in [0.15, 0.2) is 0 Å². The van der Waals surface area contributed by atoms with Crippen LogP contribution in [0.15, 0.2) is 0 Å². The van der Waals surface area contributed by atoms with Crippen molar-refractivity contribution >= 4 is 0 Å². The molecular formula is C20H43N3O2. The van der Waals surface area contributed by atoms with Gasteiger partial charge in [0.05, 0.1) is 0 Å². The Hall–Kier alpha value is -0.200. The molecule has 4 aliphatic heterocycles. The summed E-state index contributed by atoms with van der Waals surface area (Å²) in [5.74, 6) is 0. The molecule has 5 fully saturated rings. The SMILES string of the molecule is C1CCCC1.C1CCOCC1.C1CNC1.C1CNCCN1.C1COC1. The Bertz CT molecular complexity index is 176. The fourth-order valence-electron chi connectivity index (χ4n) is 2.50. The van der Waals surface area contributed by atoms with Crippen LogP contribution in [0.3, 0.4) is 0 Å². The lowest BCUT2D eigenvalue weighted by molar-refractivity contribution is 0.0367. The second-order valence-corrected chi connectivity index (χ2v) is 7.01. The Labute approximate surface area is 156 Å². The summed E-state index contributed by atoms with van der Waals surface area (Å²) in [7, 11) is 0. The molecule has 0 spiro atoms. The first kappa shape index (κ1) is 22.8. The molecular weight excluding hydrogens is 314 g/mol. The molecule has 4 heterocycles. The molecule has 5 aliphatic rings. The Balaban J connectivity index is 0.000000158. The van der Waals surface area contributed by atoms with E-state index in [0.717, 1.165) is 52.6 Å². The third-order valence-electron chi connectivity index (χ3n) is 4.57. The third-order valence-corrected chi connectivity index (χ3v) is 4.57. The van der Waals surface area contributed by atoms with Gasteiger partial charge in [0.2, 0.25) is 0 Å². The lowest BCUT2D eigenvalue weighted by Gasteiger charge is -2.11. The van der Waals surface area contributed by atoms with E-state index >= 15 is 0 Å². The van der Waals surface area contributed by atoms with Crippen LogP contribution < -0.4 is 16.0 Å². The minimum Gasteiger partial charge on any atom is -0.381 e. The molecule has 0 aromatic carbocycles. The Kier molecular flexibility index (Phi) is 18.4. The van der Waals surface area contributed by atoms with Crippen molar-refractivity contribution in [1.82, 2.24) is 16.0 Å². The highest BCUT2D eigenvalue weighted by atomic mass is 16.5. The summed E-state index contributed by atoms with van der Waals surface area (Å²) in [5, 5.41) is 9.56. The van der Waals surface area contributed by atoms with Gasteiger partial charge in [0.1, 0.15) is 0 Å². The van der Waals surface area contributed by atoms with E-state index in [9.17, 15) is 0 Å². The average Bonchev–Trinajstić information content (AvgIpc) is 3.15. The first-order valence-corrected chi connectivity index (χ1v) is 10.8. The van der Waals surface area contributed by atoms with Crippen molar-refractivity contribution in [2.75, 3.05) is 65.7 Å². The van der Waals surface area contributed by atoms with Crippen molar-refractivity contribution in [3.63, 3.8) is 0 Å². The van der Waals surface area contributed by atoms with Gasteiger partial charge in [-0.3, -0.25) is 0 Å². The van der Waals surface area contributed by atoms with Crippen LogP contribution in [0.2, 0.25) is 0 Å². The summed E-state index contributed by atoms with van der Waals surface area (Å²) in [6.07, 6.45) is 14.1. The van der Waals surface area contributed by atoms with Crippen LogP contribution in [0.1, 0.15) is 64.2 Å². The van der Waals surface area contributed by atoms with Gasteiger partial charge >= 0.3 is 0 Å². The first-order chi connectivity index (χ1) is 12.5. The topological polar surface area (TPSA) is 54.5 Å². The van der Waals surface area contributed by atoms with Gasteiger partial charge in [0.25, 0.3) is 0 Å². The van der Waals surface area contributed by atoms with Crippen molar-refractivity contribution < 1.29 is 9.47 Å². The molecule has 5 rings (SSSR count). The number of nitrogens with one attached hydrogen (secondary N) is 3. The standard InChI is InChI=1S/C5H10O.C5H10.C4H10N2.C3H7N.C3H6O/c1-2-4-6-5-3-1;1-2-4-5-3-1;1-2-6-4-3-5-1;2*1-2-4-3-1/h1-5H2;1-5H2;5-6H,1-4H2;4H,1-3H2;1-3H2. The van der Waals surface area contributed by atoms with Crippen molar-refractivity contribution in [2.24, 2.45) is 0 Å². The lowest BCUT2D eigenvalue weighted by Crippen LogP contribution is -2.39. The largest absolute Gasteiger partial charge is 0.381 e. The normalized spacial score (nSPS) is 24.0. The zero-order valence-corrected chi connectivity index (χ0v) is 16.5. The number of hydrogen-bond donors (Lipinski definition) is 3. The van der Waals surface area contributed by atoms with Crippen LogP contribution in [0.25, 0.3) is 0 Å². The summed E-state index contributed by atoms with van der Waals surface area (Å²) >= 11 is 0. The van der Waals surface area contributed by atoms with Crippen molar-refractivity contribution in [3.8, 4) is 0 Å². The molecule has 0 aromatic rings. The number of rotatable bonds is 0. The minimum atomic E-state index is 1.00. The van der Waals surface area contributed by atoms with Crippen LogP contribution in [-0.4, -0.2) is 65.7 Å². The van der Waals surface area contributed by atoms with E-state index in [1.165, 1.54) is 77.3 Å². The molecule has 1 aliphatic carbocycles. The van der Waals surface area contributed by atoms with E-state index in [0.29, 0.717) is 0 Å². The van der Waals surface area contributed by atoms with Crippen LogP contribution >= 0.6 is 0 Å². The molecule has 3 N–H and O–H groups in total. The molecule has 4 saturated heterocycles. The summed E-state index contributed by atoms with van der Waals surface area (Å²) < 4.78 is 9.79. The van der Waals surface area contributed by atoms with Crippen LogP contribution in [0.4, 0.5) is 0 Å². The van der Waals surface area contributed by atoms with E-state index in [4.69, 9.17) is 9.47 Å². The van der Waals surface area contributed by atoms with E-state index in [1.807, 2.05) is 0 Å². The molecule has 25 heavy (non-hydrogen) atoms. The molecule has 0 bridgehead atoms. The van der Waals surface area contributed by atoms with Crippen LogP contribution in [-0.2, 0) is 9.47 Å². The predicted molar refractivity (Wildman–Crippen MR) is 106 cm³/mol. The number of piperazine rings is 1. The fraction of sp³-hybridized carbons (Fsp3) is 1.00. The van der Waals surface area contributed by atoms with Crippen molar-refractivity contribution in [1.29, 1.82) is 0 Å².